The number of hydrogen-bond acceptors (Lipinski definition) is 2. The molecule has 0 aliphatic heterocycles. The summed E-state index contributed by atoms with van der Waals surface area (Å²) in [6, 6.07) is 1.94. The first-order chi connectivity index (χ1) is 4.93. The Balaban J connectivity index is 2.15. The number of aromatic nitrogens is 2. The van der Waals surface area contributed by atoms with Crippen LogP contribution >= 0.6 is 0 Å². The molecule has 0 bridgehead atoms. The van der Waals surface area contributed by atoms with Crippen LogP contribution in [0.1, 0.15) is 6.92 Å². The molecule has 0 fully saturated rings. The van der Waals surface area contributed by atoms with Gasteiger partial charge in [-0.05, 0) is 12.6 Å². The lowest BCUT2D eigenvalue weighted by Crippen LogP contribution is -2.19. The summed E-state index contributed by atoms with van der Waals surface area (Å²) in [5.41, 5.74) is 0. The minimum absolute atomic E-state index is 0.959. The third-order valence-electron chi connectivity index (χ3n) is 1.33. The summed E-state index contributed by atoms with van der Waals surface area (Å²) in [6.07, 6.45) is 3.77. The smallest absolute Gasteiger partial charge is 0.0533 e. The van der Waals surface area contributed by atoms with Gasteiger partial charge < -0.3 is 5.32 Å². The van der Waals surface area contributed by atoms with Crippen LogP contribution in [0.4, 0.5) is 0 Å². The number of likely N-dealkylation sites (N-methyl/N-ethyl adjacent to an activating group) is 1. The van der Waals surface area contributed by atoms with E-state index in [-0.39, 0.29) is 0 Å². The lowest BCUT2D eigenvalue weighted by Gasteiger charge is -2.00. The zero-order valence-electron chi connectivity index (χ0n) is 6.25. The molecule has 0 aromatic carbocycles. The van der Waals surface area contributed by atoms with Gasteiger partial charge in [0.15, 0.2) is 0 Å². The SMILES string of the molecule is CCNCCn1cccn1. The Morgan fingerprint density at radius 3 is 3.10 bits per heavy atom. The molecule has 0 saturated heterocycles. The zero-order chi connectivity index (χ0) is 7.23. The van der Waals surface area contributed by atoms with E-state index in [9.17, 15) is 0 Å². The van der Waals surface area contributed by atoms with Crippen LogP contribution in [-0.4, -0.2) is 22.9 Å². The van der Waals surface area contributed by atoms with Crippen molar-refractivity contribution in [3.8, 4) is 0 Å². The second-order valence-electron chi connectivity index (χ2n) is 2.12. The molecule has 56 valence electrons. The number of nitrogens with one attached hydrogen (secondary N) is 1. The standard InChI is InChI=1S/C7H13N3/c1-2-8-5-7-10-6-3-4-9-10/h3-4,6,8H,2,5,7H2,1H3. The van der Waals surface area contributed by atoms with Crippen molar-refractivity contribution < 1.29 is 0 Å². The molecule has 0 saturated carbocycles. The van der Waals surface area contributed by atoms with Crippen molar-refractivity contribution in [2.75, 3.05) is 13.1 Å². The fourth-order valence-corrected chi connectivity index (χ4v) is 0.803. The van der Waals surface area contributed by atoms with Gasteiger partial charge in [-0.3, -0.25) is 4.68 Å². The van der Waals surface area contributed by atoms with Gasteiger partial charge in [0.05, 0.1) is 6.54 Å². The largest absolute Gasteiger partial charge is 0.315 e. The second kappa shape index (κ2) is 4.06. The van der Waals surface area contributed by atoms with E-state index in [0.29, 0.717) is 0 Å². The molecule has 1 rings (SSSR count). The molecule has 1 aromatic heterocycles. The second-order valence-corrected chi connectivity index (χ2v) is 2.12. The molecule has 0 spiro atoms. The highest BCUT2D eigenvalue weighted by atomic mass is 15.3. The topological polar surface area (TPSA) is 29.9 Å². The van der Waals surface area contributed by atoms with Gasteiger partial charge in [-0.15, -0.1) is 0 Å². The Morgan fingerprint density at radius 2 is 2.50 bits per heavy atom. The van der Waals surface area contributed by atoms with Crippen LogP contribution in [0.15, 0.2) is 18.5 Å². The van der Waals surface area contributed by atoms with Gasteiger partial charge in [0.25, 0.3) is 0 Å². The third-order valence-corrected chi connectivity index (χ3v) is 1.33. The molecular formula is C7H13N3. The number of rotatable bonds is 4. The summed E-state index contributed by atoms with van der Waals surface area (Å²) >= 11 is 0. The fourth-order valence-electron chi connectivity index (χ4n) is 0.803. The molecule has 1 N–H and O–H groups in total. The lowest BCUT2D eigenvalue weighted by molar-refractivity contribution is 0.565. The van der Waals surface area contributed by atoms with Crippen molar-refractivity contribution >= 4 is 0 Å². The molecule has 0 aliphatic rings. The highest BCUT2D eigenvalue weighted by molar-refractivity contribution is 4.77. The third kappa shape index (κ3) is 2.19. The Morgan fingerprint density at radius 1 is 1.60 bits per heavy atom. The van der Waals surface area contributed by atoms with Crippen LogP contribution in [0.2, 0.25) is 0 Å². The van der Waals surface area contributed by atoms with Crippen LogP contribution < -0.4 is 5.32 Å². The fraction of sp³-hybridized carbons (Fsp3) is 0.571. The molecular weight excluding hydrogens is 126 g/mol. The van der Waals surface area contributed by atoms with Crippen LogP contribution in [0.25, 0.3) is 0 Å². The highest BCUT2D eigenvalue weighted by Gasteiger charge is 1.86. The molecule has 0 amide bonds. The first-order valence-corrected chi connectivity index (χ1v) is 3.61. The Hall–Kier alpha value is -0.830. The van der Waals surface area contributed by atoms with Gasteiger partial charge >= 0.3 is 0 Å². The molecule has 3 nitrogen and oxygen atoms in total. The minimum atomic E-state index is 0.959. The first-order valence-electron chi connectivity index (χ1n) is 3.61. The van der Waals surface area contributed by atoms with Crippen molar-refractivity contribution in [3.63, 3.8) is 0 Å². The van der Waals surface area contributed by atoms with Gasteiger partial charge in [-0.2, -0.15) is 5.10 Å². The average Bonchev–Trinajstić information content (AvgIpc) is 2.41. The van der Waals surface area contributed by atoms with Gasteiger partial charge in [0.2, 0.25) is 0 Å². The predicted molar refractivity (Wildman–Crippen MR) is 40.8 cm³/mol. The maximum Gasteiger partial charge on any atom is 0.0533 e. The summed E-state index contributed by atoms with van der Waals surface area (Å²) < 4.78 is 1.92. The van der Waals surface area contributed by atoms with Crippen molar-refractivity contribution in [1.82, 2.24) is 15.1 Å². The summed E-state index contributed by atoms with van der Waals surface area (Å²) in [5.74, 6) is 0. The van der Waals surface area contributed by atoms with E-state index in [2.05, 4.69) is 17.3 Å². The normalized spacial score (nSPS) is 10.1. The predicted octanol–water partition coefficient (Wildman–Crippen LogP) is 0.493. The Labute approximate surface area is 61.0 Å². The quantitative estimate of drug-likeness (QED) is 0.615. The Bertz CT molecular complexity index is 157. The zero-order valence-corrected chi connectivity index (χ0v) is 6.25. The molecule has 3 heteroatoms. The first kappa shape index (κ1) is 7.28. The van der Waals surface area contributed by atoms with Gasteiger partial charge in [0.1, 0.15) is 0 Å². The van der Waals surface area contributed by atoms with E-state index in [4.69, 9.17) is 0 Å². The van der Waals surface area contributed by atoms with Crippen molar-refractivity contribution in [1.29, 1.82) is 0 Å². The van der Waals surface area contributed by atoms with Crippen molar-refractivity contribution in [2.24, 2.45) is 0 Å². The van der Waals surface area contributed by atoms with Crippen LogP contribution in [-0.2, 0) is 6.54 Å². The van der Waals surface area contributed by atoms with Gasteiger partial charge in [-0.1, -0.05) is 6.92 Å². The summed E-state index contributed by atoms with van der Waals surface area (Å²) in [5, 5.41) is 7.29. The monoisotopic (exact) mass is 139 g/mol. The highest BCUT2D eigenvalue weighted by Crippen LogP contribution is 1.81. The maximum atomic E-state index is 4.06. The summed E-state index contributed by atoms with van der Waals surface area (Å²) in [4.78, 5) is 0. The van der Waals surface area contributed by atoms with E-state index in [1.165, 1.54) is 0 Å². The van der Waals surface area contributed by atoms with Gasteiger partial charge in [-0.25, -0.2) is 0 Å². The Kier molecular flexibility index (Phi) is 2.96. The van der Waals surface area contributed by atoms with E-state index in [1.54, 1.807) is 6.20 Å². The van der Waals surface area contributed by atoms with Gasteiger partial charge in [0, 0.05) is 18.9 Å². The average molecular weight is 139 g/mol. The van der Waals surface area contributed by atoms with Crippen LogP contribution in [0.3, 0.4) is 0 Å². The van der Waals surface area contributed by atoms with E-state index in [0.717, 1.165) is 19.6 Å². The molecule has 0 radical (unpaired) electrons. The van der Waals surface area contributed by atoms with Crippen molar-refractivity contribution in [2.45, 2.75) is 13.5 Å². The number of nitrogens with zero attached hydrogens (tertiary/aromatic N) is 2. The van der Waals surface area contributed by atoms with Crippen LogP contribution in [0.5, 0.6) is 0 Å². The van der Waals surface area contributed by atoms with E-state index < -0.39 is 0 Å². The van der Waals surface area contributed by atoms with E-state index in [1.807, 2.05) is 16.9 Å². The molecule has 0 unspecified atom stereocenters. The summed E-state index contributed by atoms with van der Waals surface area (Å²) in [6.45, 7) is 5.09. The van der Waals surface area contributed by atoms with Crippen LogP contribution in [0, 0.1) is 0 Å². The molecule has 1 heterocycles. The summed E-state index contributed by atoms with van der Waals surface area (Å²) in [7, 11) is 0. The molecule has 1 aromatic rings. The molecule has 0 aliphatic carbocycles. The minimum Gasteiger partial charge on any atom is -0.315 e. The lowest BCUT2D eigenvalue weighted by atomic mass is 10.6. The number of hydrogen-bond donors (Lipinski definition) is 1. The maximum absolute atomic E-state index is 4.06. The van der Waals surface area contributed by atoms with E-state index >= 15 is 0 Å². The molecule has 0 atom stereocenters. The molecule has 10 heavy (non-hydrogen) atoms. The van der Waals surface area contributed by atoms with Crippen molar-refractivity contribution in [3.05, 3.63) is 18.5 Å².